The van der Waals surface area contributed by atoms with Crippen molar-refractivity contribution >= 4 is 52.5 Å². The van der Waals surface area contributed by atoms with E-state index in [2.05, 4.69) is 20.3 Å². The number of fused-ring (bicyclic) bond motifs is 1. The number of aliphatic imine (C=N–C) groups is 2. The molecular formula is C30H33N7O5. The number of furan rings is 1. The maximum absolute atomic E-state index is 13.4. The first-order chi connectivity index (χ1) is 20.3. The molecule has 12 heteroatoms. The van der Waals surface area contributed by atoms with Gasteiger partial charge in [-0.15, -0.1) is 0 Å². The van der Waals surface area contributed by atoms with Crippen molar-refractivity contribution in [2.75, 3.05) is 26.2 Å². The minimum Gasteiger partial charge on any atom is -0.461 e. The summed E-state index contributed by atoms with van der Waals surface area (Å²) in [6, 6.07) is 9.98. The third-order valence-electron chi connectivity index (χ3n) is 7.35. The van der Waals surface area contributed by atoms with Crippen LogP contribution in [-0.2, 0) is 9.59 Å². The highest BCUT2D eigenvalue weighted by Crippen LogP contribution is 2.24. The third-order valence-corrected chi connectivity index (χ3v) is 7.35. The fraction of sp³-hybridized carbons (Fsp3) is 0.367. The van der Waals surface area contributed by atoms with Crippen LogP contribution in [0.1, 0.15) is 58.7 Å². The van der Waals surface area contributed by atoms with E-state index < -0.39 is 17.7 Å². The Hall–Kier alpha value is -4.87. The summed E-state index contributed by atoms with van der Waals surface area (Å²) in [5, 5.41) is 3.52. The zero-order valence-electron chi connectivity index (χ0n) is 23.4. The molecule has 2 saturated heterocycles. The fourth-order valence-electron chi connectivity index (χ4n) is 5.11. The molecule has 2 aliphatic rings. The predicted octanol–water partition coefficient (Wildman–Crippen LogP) is 2.97. The summed E-state index contributed by atoms with van der Waals surface area (Å²) >= 11 is 0. The molecule has 3 aromatic rings. The Morgan fingerprint density at radius 2 is 1.88 bits per heavy atom. The third kappa shape index (κ3) is 6.88. The SMILES string of the molecule is Cc1cc2cc(N=C(/N=C\C3CCCCN(CC(=O)N4CCCC4)C3=O)NC(=O)c3ccc(C(N)=O)nc3)ccc2o1. The molecule has 0 saturated carbocycles. The van der Waals surface area contributed by atoms with E-state index in [1.165, 1.54) is 24.5 Å². The molecule has 1 aromatic carbocycles. The van der Waals surface area contributed by atoms with Gasteiger partial charge in [0.15, 0.2) is 0 Å². The molecule has 5 rings (SSSR count). The second-order valence-electron chi connectivity index (χ2n) is 10.5. The summed E-state index contributed by atoms with van der Waals surface area (Å²) in [6.45, 7) is 3.88. The summed E-state index contributed by atoms with van der Waals surface area (Å²) in [5.74, 6) is -1.32. The zero-order chi connectivity index (χ0) is 29.6. The van der Waals surface area contributed by atoms with Crippen molar-refractivity contribution in [1.82, 2.24) is 20.1 Å². The Labute approximate surface area is 242 Å². The Bertz CT molecular complexity index is 1550. The number of carbonyl (C=O) groups is 4. The van der Waals surface area contributed by atoms with Crippen LogP contribution in [0.2, 0.25) is 0 Å². The van der Waals surface area contributed by atoms with Crippen molar-refractivity contribution in [1.29, 1.82) is 0 Å². The van der Waals surface area contributed by atoms with Gasteiger partial charge in [-0.25, -0.2) is 9.98 Å². The maximum atomic E-state index is 13.4. The van der Waals surface area contributed by atoms with Crippen LogP contribution in [0.3, 0.4) is 0 Å². The van der Waals surface area contributed by atoms with Gasteiger partial charge < -0.3 is 20.0 Å². The first kappa shape index (κ1) is 28.7. The number of aryl methyl sites for hydroxylation is 1. The molecule has 42 heavy (non-hydrogen) atoms. The van der Waals surface area contributed by atoms with E-state index in [4.69, 9.17) is 10.2 Å². The molecule has 0 spiro atoms. The van der Waals surface area contributed by atoms with Crippen molar-refractivity contribution in [3.8, 4) is 0 Å². The maximum Gasteiger partial charge on any atom is 0.267 e. The van der Waals surface area contributed by atoms with E-state index in [1.807, 2.05) is 17.9 Å². The van der Waals surface area contributed by atoms with Crippen LogP contribution >= 0.6 is 0 Å². The molecule has 2 fully saturated rings. The van der Waals surface area contributed by atoms with Crippen molar-refractivity contribution < 1.29 is 23.6 Å². The normalized spacial score (nSPS) is 18.1. The number of amides is 4. The number of guanidine groups is 1. The van der Waals surface area contributed by atoms with E-state index in [0.717, 1.165) is 49.9 Å². The lowest BCUT2D eigenvalue weighted by Crippen LogP contribution is -2.44. The van der Waals surface area contributed by atoms with Crippen molar-refractivity contribution in [2.24, 2.45) is 21.6 Å². The van der Waals surface area contributed by atoms with Gasteiger partial charge in [0.25, 0.3) is 11.8 Å². The van der Waals surface area contributed by atoms with E-state index in [9.17, 15) is 19.2 Å². The van der Waals surface area contributed by atoms with Gasteiger partial charge in [-0.1, -0.05) is 6.42 Å². The molecule has 1 unspecified atom stereocenters. The van der Waals surface area contributed by atoms with Crippen LogP contribution in [0.15, 0.2) is 57.0 Å². The zero-order valence-corrected chi connectivity index (χ0v) is 23.4. The van der Waals surface area contributed by atoms with Gasteiger partial charge in [-0.3, -0.25) is 29.5 Å². The average molecular weight is 572 g/mol. The summed E-state index contributed by atoms with van der Waals surface area (Å²) in [7, 11) is 0. The lowest BCUT2D eigenvalue weighted by Gasteiger charge is -2.25. The summed E-state index contributed by atoms with van der Waals surface area (Å²) in [5.41, 5.74) is 6.67. The quantitative estimate of drug-likeness (QED) is 0.341. The van der Waals surface area contributed by atoms with E-state index in [-0.39, 0.29) is 35.6 Å². The van der Waals surface area contributed by atoms with Gasteiger partial charge in [0.1, 0.15) is 17.0 Å². The monoisotopic (exact) mass is 571 g/mol. The number of nitrogens with two attached hydrogens (primary N) is 1. The Morgan fingerprint density at radius 1 is 1.10 bits per heavy atom. The number of primary amides is 1. The predicted molar refractivity (Wildman–Crippen MR) is 156 cm³/mol. The van der Waals surface area contributed by atoms with Crippen LogP contribution in [0, 0.1) is 12.8 Å². The Balaban J connectivity index is 1.38. The van der Waals surface area contributed by atoms with Crippen molar-refractivity contribution in [3.63, 3.8) is 0 Å². The Morgan fingerprint density at radius 3 is 2.62 bits per heavy atom. The van der Waals surface area contributed by atoms with Crippen molar-refractivity contribution in [3.05, 3.63) is 59.6 Å². The largest absolute Gasteiger partial charge is 0.461 e. The topological polar surface area (TPSA) is 164 Å². The number of likely N-dealkylation sites (tertiary alicyclic amines) is 2. The number of carbonyl (C=O) groups excluding carboxylic acids is 4. The lowest BCUT2D eigenvalue weighted by molar-refractivity contribution is -0.140. The first-order valence-corrected chi connectivity index (χ1v) is 14.0. The van der Waals surface area contributed by atoms with Gasteiger partial charge in [-0.05, 0) is 69.0 Å². The fourth-order valence-corrected chi connectivity index (χ4v) is 5.11. The van der Waals surface area contributed by atoms with Crippen molar-refractivity contribution in [2.45, 2.75) is 39.0 Å². The molecular weight excluding hydrogens is 538 g/mol. The van der Waals surface area contributed by atoms with Crippen LogP contribution in [-0.4, -0.2) is 76.8 Å². The molecule has 1 atom stereocenters. The number of hydrogen-bond donors (Lipinski definition) is 2. The molecule has 218 valence electrons. The number of rotatable bonds is 6. The lowest BCUT2D eigenvalue weighted by atomic mass is 10.0. The molecule has 4 amide bonds. The molecule has 2 aliphatic heterocycles. The highest BCUT2D eigenvalue weighted by Gasteiger charge is 2.29. The average Bonchev–Trinajstić information content (AvgIpc) is 3.61. The second-order valence-corrected chi connectivity index (χ2v) is 10.5. The number of nitrogens with one attached hydrogen (secondary N) is 1. The van der Waals surface area contributed by atoms with E-state index in [0.29, 0.717) is 24.2 Å². The Kier molecular flexibility index (Phi) is 8.70. The molecule has 0 bridgehead atoms. The second kappa shape index (κ2) is 12.8. The van der Waals surface area contributed by atoms with Gasteiger partial charge in [-0.2, -0.15) is 0 Å². The molecule has 3 N–H and O–H groups in total. The molecule has 4 heterocycles. The molecule has 2 aromatic heterocycles. The molecule has 12 nitrogen and oxygen atoms in total. The van der Waals surface area contributed by atoms with Gasteiger partial charge in [0.2, 0.25) is 17.8 Å². The minimum atomic E-state index is -0.706. The highest BCUT2D eigenvalue weighted by atomic mass is 16.3. The smallest absolute Gasteiger partial charge is 0.267 e. The van der Waals surface area contributed by atoms with E-state index >= 15 is 0 Å². The number of hydrogen-bond acceptors (Lipinski definition) is 7. The van der Waals surface area contributed by atoms with E-state index in [1.54, 1.807) is 23.1 Å². The van der Waals surface area contributed by atoms with Crippen LogP contribution in [0.4, 0.5) is 5.69 Å². The minimum absolute atomic E-state index is 0.0295. The number of pyridine rings is 1. The van der Waals surface area contributed by atoms with Crippen LogP contribution < -0.4 is 11.1 Å². The number of aromatic nitrogens is 1. The van der Waals surface area contributed by atoms with Crippen LogP contribution in [0.25, 0.3) is 11.0 Å². The molecule has 0 radical (unpaired) electrons. The molecule has 0 aliphatic carbocycles. The number of benzene rings is 1. The number of nitrogens with zero attached hydrogens (tertiary/aromatic N) is 5. The van der Waals surface area contributed by atoms with Crippen LogP contribution in [0.5, 0.6) is 0 Å². The first-order valence-electron chi connectivity index (χ1n) is 14.0. The standard InChI is InChI=1S/C30H33N7O5/c1-19-14-22-15-23(8-10-25(22)42-19)34-30(35-28(40)20-7-9-24(27(31)39)32-16-20)33-17-21-6-2-3-13-37(29(21)41)18-26(38)36-11-4-5-12-36/h7-10,14-17,21H,2-6,11-13,18H2,1H3,(H2,31,39)(H,34,35,40)/b33-17-. The van der Waals surface area contributed by atoms with Gasteiger partial charge >= 0.3 is 0 Å². The van der Waals surface area contributed by atoms with Gasteiger partial charge in [0.05, 0.1) is 23.7 Å². The summed E-state index contributed by atoms with van der Waals surface area (Å²) in [6.07, 6.45) is 6.86. The highest BCUT2D eigenvalue weighted by molar-refractivity contribution is 6.09. The summed E-state index contributed by atoms with van der Waals surface area (Å²) < 4.78 is 5.64. The summed E-state index contributed by atoms with van der Waals surface area (Å²) in [4.78, 5) is 66.9. The van der Waals surface area contributed by atoms with Gasteiger partial charge in [0, 0.05) is 37.4 Å².